The minimum Gasteiger partial charge on any atom is -0.508 e. The normalized spacial score (nSPS) is 18.7. The van der Waals surface area contributed by atoms with Crippen LogP contribution in [-0.4, -0.2) is 20.6 Å². The Bertz CT molecular complexity index is 889. The fraction of sp³-hybridized carbons (Fsp3) is 0.200. The molecule has 2 atom stereocenters. The molecule has 1 aliphatic rings. The monoisotopic (exact) mass is 333 g/mol. The smallest absolute Gasteiger partial charge is 0.224 e. The number of para-hydroxylation sites is 1. The van der Waals surface area contributed by atoms with Gasteiger partial charge in [-0.25, -0.2) is 4.98 Å². The van der Waals surface area contributed by atoms with Crippen molar-refractivity contribution in [3.05, 3.63) is 78.4 Å². The van der Waals surface area contributed by atoms with E-state index < -0.39 is 0 Å². The number of hydrogen-bond acceptors (Lipinski definition) is 3. The lowest BCUT2D eigenvalue weighted by atomic mass is 10.1. The Morgan fingerprint density at radius 2 is 2.04 bits per heavy atom. The molecule has 0 radical (unpaired) electrons. The summed E-state index contributed by atoms with van der Waals surface area (Å²) in [7, 11) is 0. The first-order valence-electron chi connectivity index (χ1n) is 8.36. The molecular weight excluding hydrogens is 314 g/mol. The second-order valence-corrected chi connectivity index (χ2v) is 6.31. The molecule has 1 saturated carbocycles. The van der Waals surface area contributed by atoms with Crippen molar-refractivity contribution >= 4 is 5.91 Å². The Morgan fingerprint density at radius 3 is 2.84 bits per heavy atom. The first-order valence-corrected chi connectivity index (χ1v) is 8.36. The molecule has 126 valence electrons. The summed E-state index contributed by atoms with van der Waals surface area (Å²) >= 11 is 0. The minimum atomic E-state index is -0.0260. The molecule has 0 bridgehead atoms. The molecule has 0 saturated heterocycles. The van der Waals surface area contributed by atoms with Crippen LogP contribution in [0.25, 0.3) is 5.69 Å². The van der Waals surface area contributed by atoms with Gasteiger partial charge in [-0.2, -0.15) is 0 Å². The maximum atomic E-state index is 12.4. The number of carbonyl (C=O) groups excluding carboxylic acids is 1. The minimum absolute atomic E-state index is 0.0260. The number of aromatic hydroxyl groups is 1. The third-order valence-electron chi connectivity index (χ3n) is 4.60. The van der Waals surface area contributed by atoms with Crippen LogP contribution >= 0.6 is 0 Å². The Kier molecular flexibility index (Phi) is 3.98. The maximum absolute atomic E-state index is 12.4. The van der Waals surface area contributed by atoms with Gasteiger partial charge in [0, 0.05) is 24.0 Å². The maximum Gasteiger partial charge on any atom is 0.224 e. The molecule has 4 rings (SSSR count). The number of phenols is 1. The van der Waals surface area contributed by atoms with Crippen LogP contribution in [0.4, 0.5) is 0 Å². The highest BCUT2D eigenvalue weighted by Crippen LogP contribution is 2.48. The number of nitrogens with one attached hydrogen (secondary N) is 1. The number of carbonyl (C=O) groups is 1. The lowest BCUT2D eigenvalue weighted by molar-refractivity contribution is -0.122. The second kappa shape index (κ2) is 6.43. The van der Waals surface area contributed by atoms with Crippen LogP contribution in [0.3, 0.4) is 0 Å². The lowest BCUT2D eigenvalue weighted by Crippen LogP contribution is -2.26. The van der Waals surface area contributed by atoms with Gasteiger partial charge in [-0.05, 0) is 42.2 Å². The van der Waals surface area contributed by atoms with Crippen LogP contribution in [0.1, 0.15) is 23.7 Å². The van der Waals surface area contributed by atoms with Crippen LogP contribution in [-0.2, 0) is 11.3 Å². The molecule has 2 aromatic carbocycles. The number of benzene rings is 2. The summed E-state index contributed by atoms with van der Waals surface area (Å²) in [5, 5.41) is 12.6. The van der Waals surface area contributed by atoms with Gasteiger partial charge in [0.2, 0.25) is 5.91 Å². The van der Waals surface area contributed by atoms with E-state index in [2.05, 4.69) is 10.3 Å². The van der Waals surface area contributed by atoms with Crippen LogP contribution in [0.2, 0.25) is 0 Å². The van der Waals surface area contributed by atoms with Crippen LogP contribution in [0.5, 0.6) is 5.75 Å². The van der Waals surface area contributed by atoms with E-state index in [9.17, 15) is 9.90 Å². The molecule has 1 heterocycles. The number of phenolic OH excluding ortho intramolecular Hbond substituents is 1. The highest BCUT2D eigenvalue weighted by atomic mass is 16.3. The summed E-state index contributed by atoms with van der Waals surface area (Å²) in [6.45, 7) is 0.393. The Labute approximate surface area is 146 Å². The molecule has 2 N–H and O–H groups in total. The molecule has 3 aromatic rings. The predicted molar refractivity (Wildman–Crippen MR) is 94.4 cm³/mol. The van der Waals surface area contributed by atoms with Crippen LogP contribution in [0, 0.1) is 5.92 Å². The van der Waals surface area contributed by atoms with E-state index in [0.29, 0.717) is 6.54 Å². The SMILES string of the molecule is O=C(NCc1nccn1-c1ccccc1)[C@H]1C[C@@H]1c1cccc(O)c1. The second-order valence-electron chi connectivity index (χ2n) is 6.31. The van der Waals surface area contributed by atoms with E-state index in [1.54, 1.807) is 18.3 Å². The van der Waals surface area contributed by atoms with Crippen molar-refractivity contribution in [1.29, 1.82) is 0 Å². The van der Waals surface area contributed by atoms with E-state index in [1.165, 1.54) is 0 Å². The first kappa shape index (κ1) is 15.4. The molecule has 5 heteroatoms. The van der Waals surface area contributed by atoms with Crippen molar-refractivity contribution in [2.24, 2.45) is 5.92 Å². The molecule has 0 unspecified atom stereocenters. The molecule has 1 amide bonds. The van der Waals surface area contributed by atoms with E-state index >= 15 is 0 Å². The molecule has 0 spiro atoms. The topological polar surface area (TPSA) is 67.2 Å². The third kappa shape index (κ3) is 3.26. The standard InChI is InChI=1S/C20H19N3O2/c24-16-8-4-5-14(11-16)17-12-18(17)20(25)22-13-19-21-9-10-23(19)15-6-2-1-3-7-15/h1-11,17-18,24H,12-13H2,(H,22,25)/t17-,18+/m1/s1. The van der Waals surface area contributed by atoms with Crippen molar-refractivity contribution in [2.75, 3.05) is 0 Å². The zero-order valence-corrected chi connectivity index (χ0v) is 13.7. The van der Waals surface area contributed by atoms with Crippen molar-refractivity contribution in [2.45, 2.75) is 18.9 Å². The Balaban J connectivity index is 1.39. The highest BCUT2D eigenvalue weighted by Gasteiger charge is 2.43. The molecule has 0 aliphatic heterocycles. The average Bonchev–Trinajstić information content (AvgIpc) is 3.31. The summed E-state index contributed by atoms with van der Waals surface area (Å²) in [5.74, 6) is 1.25. The van der Waals surface area contributed by atoms with Gasteiger partial charge < -0.3 is 15.0 Å². The molecule has 5 nitrogen and oxygen atoms in total. The molecule has 1 aliphatic carbocycles. The van der Waals surface area contributed by atoms with Gasteiger partial charge in [0.15, 0.2) is 0 Å². The number of imidazole rings is 1. The van der Waals surface area contributed by atoms with Crippen molar-refractivity contribution in [1.82, 2.24) is 14.9 Å². The van der Waals surface area contributed by atoms with Gasteiger partial charge in [-0.15, -0.1) is 0 Å². The number of hydrogen-bond donors (Lipinski definition) is 2. The number of aromatic nitrogens is 2. The Morgan fingerprint density at radius 1 is 1.20 bits per heavy atom. The van der Waals surface area contributed by atoms with Gasteiger partial charge in [0.25, 0.3) is 0 Å². The van der Waals surface area contributed by atoms with Gasteiger partial charge >= 0.3 is 0 Å². The fourth-order valence-electron chi connectivity index (χ4n) is 3.19. The van der Waals surface area contributed by atoms with Crippen LogP contribution < -0.4 is 5.32 Å². The Hall–Kier alpha value is -3.08. The van der Waals surface area contributed by atoms with Gasteiger partial charge in [0.1, 0.15) is 11.6 Å². The predicted octanol–water partition coefficient (Wildman–Crippen LogP) is 3.00. The summed E-state index contributed by atoms with van der Waals surface area (Å²) in [4.78, 5) is 16.8. The van der Waals surface area contributed by atoms with E-state index in [-0.39, 0.29) is 23.5 Å². The van der Waals surface area contributed by atoms with Gasteiger partial charge in [0.05, 0.1) is 6.54 Å². The summed E-state index contributed by atoms with van der Waals surface area (Å²) < 4.78 is 1.97. The van der Waals surface area contributed by atoms with Crippen molar-refractivity contribution in [3.63, 3.8) is 0 Å². The molecule has 1 fully saturated rings. The van der Waals surface area contributed by atoms with E-state index in [1.807, 2.05) is 53.2 Å². The fourth-order valence-corrected chi connectivity index (χ4v) is 3.19. The zero-order chi connectivity index (χ0) is 17.2. The van der Waals surface area contributed by atoms with Crippen molar-refractivity contribution < 1.29 is 9.90 Å². The zero-order valence-electron chi connectivity index (χ0n) is 13.7. The van der Waals surface area contributed by atoms with E-state index in [4.69, 9.17) is 0 Å². The van der Waals surface area contributed by atoms with Gasteiger partial charge in [-0.3, -0.25) is 4.79 Å². The first-order chi connectivity index (χ1) is 12.2. The largest absolute Gasteiger partial charge is 0.508 e. The number of amides is 1. The molecule has 1 aromatic heterocycles. The van der Waals surface area contributed by atoms with Crippen molar-refractivity contribution in [3.8, 4) is 11.4 Å². The summed E-state index contributed by atoms with van der Waals surface area (Å²) in [6.07, 6.45) is 4.45. The highest BCUT2D eigenvalue weighted by molar-refractivity contribution is 5.82. The van der Waals surface area contributed by atoms with E-state index in [0.717, 1.165) is 23.5 Å². The third-order valence-corrected chi connectivity index (χ3v) is 4.60. The quantitative estimate of drug-likeness (QED) is 0.754. The summed E-state index contributed by atoms with van der Waals surface area (Å²) in [5.41, 5.74) is 2.04. The molecule has 25 heavy (non-hydrogen) atoms. The van der Waals surface area contributed by atoms with Crippen LogP contribution in [0.15, 0.2) is 67.0 Å². The number of nitrogens with zero attached hydrogens (tertiary/aromatic N) is 2. The lowest BCUT2D eigenvalue weighted by Gasteiger charge is -2.09. The average molecular weight is 333 g/mol. The number of rotatable bonds is 5. The van der Waals surface area contributed by atoms with Gasteiger partial charge in [-0.1, -0.05) is 30.3 Å². The summed E-state index contributed by atoms with van der Waals surface area (Å²) in [6, 6.07) is 17.1. The molecular formula is C20H19N3O2.